The van der Waals surface area contributed by atoms with Crippen LogP contribution in [-0.4, -0.2) is 43.0 Å². The van der Waals surface area contributed by atoms with Crippen LogP contribution in [0.4, 0.5) is 23.7 Å². The summed E-state index contributed by atoms with van der Waals surface area (Å²) in [4.78, 5) is 25.4. The van der Waals surface area contributed by atoms with E-state index in [-0.39, 0.29) is 23.7 Å². The number of hydrogen-bond donors (Lipinski definition) is 1. The largest absolute Gasteiger partial charge is 0.573 e. The molecule has 1 aliphatic heterocycles. The third-order valence-electron chi connectivity index (χ3n) is 3.75. The number of piperidine rings is 1. The van der Waals surface area contributed by atoms with Gasteiger partial charge in [0, 0.05) is 24.7 Å². The summed E-state index contributed by atoms with van der Waals surface area (Å²) in [5.41, 5.74) is 0.382. The summed E-state index contributed by atoms with van der Waals surface area (Å²) in [6, 6.07) is 4.94. The maximum Gasteiger partial charge on any atom is 0.573 e. The Morgan fingerprint density at radius 2 is 1.80 bits per heavy atom. The lowest BCUT2D eigenvalue weighted by Gasteiger charge is -2.30. The Labute approximate surface area is 142 Å². The lowest BCUT2D eigenvalue weighted by atomic mass is 9.96. The van der Waals surface area contributed by atoms with Crippen molar-refractivity contribution in [3.05, 3.63) is 24.3 Å². The Bertz CT molecular complexity index is 596. The van der Waals surface area contributed by atoms with Gasteiger partial charge in [-0.3, -0.25) is 4.79 Å². The van der Waals surface area contributed by atoms with Gasteiger partial charge in [0.05, 0.1) is 6.61 Å². The molecule has 0 spiro atoms. The van der Waals surface area contributed by atoms with Gasteiger partial charge in [0.2, 0.25) is 5.91 Å². The van der Waals surface area contributed by atoms with Crippen LogP contribution in [0.5, 0.6) is 5.75 Å². The van der Waals surface area contributed by atoms with Crippen molar-refractivity contribution < 1.29 is 32.2 Å². The predicted octanol–water partition coefficient (Wildman–Crippen LogP) is 3.39. The van der Waals surface area contributed by atoms with Crippen LogP contribution in [0.2, 0.25) is 0 Å². The Balaban J connectivity index is 1.83. The number of alkyl halides is 3. The molecule has 2 rings (SSSR count). The molecule has 1 aromatic rings. The molecule has 0 aromatic heterocycles. The van der Waals surface area contributed by atoms with Gasteiger partial charge in [-0.25, -0.2) is 4.79 Å². The molecule has 0 radical (unpaired) electrons. The lowest BCUT2D eigenvalue weighted by molar-refractivity contribution is -0.274. The fourth-order valence-corrected chi connectivity index (χ4v) is 2.52. The summed E-state index contributed by atoms with van der Waals surface area (Å²) >= 11 is 0. The quantitative estimate of drug-likeness (QED) is 0.894. The molecular weight excluding hydrogens is 341 g/mol. The van der Waals surface area contributed by atoms with E-state index < -0.39 is 6.36 Å². The number of anilines is 1. The van der Waals surface area contributed by atoms with Gasteiger partial charge in [-0.2, -0.15) is 0 Å². The molecular formula is C16H19F3N2O4. The summed E-state index contributed by atoms with van der Waals surface area (Å²) < 4.78 is 45.0. The van der Waals surface area contributed by atoms with Gasteiger partial charge in [0.1, 0.15) is 5.75 Å². The van der Waals surface area contributed by atoms with Crippen LogP contribution in [0.25, 0.3) is 0 Å². The van der Waals surface area contributed by atoms with Crippen molar-refractivity contribution in [1.82, 2.24) is 4.90 Å². The average molecular weight is 360 g/mol. The molecule has 2 amide bonds. The second-order valence-electron chi connectivity index (χ2n) is 5.52. The number of halogens is 3. The first-order chi connectivity index (χ1) is 11.8. The molecule has 138 valence electrons. The van der Waals surface area contributed by atoms with Crippen molar-refractivity contribution in [2.24, 2.45) is 5.92 Å². The summed E-state index contributed by atoms with van der Waals surface area (Å²) in [7, 11) is 0. The third-order valence-corrected chi connectivity index (χ3v) is 3.75. The van der Waals surface area contributed by atoms with Crippen molar-refractivity contribution in [1.29, 1.82) is 0 Å². The van der Waals surface area contributed by atoms with Crippen LogP contribution in [0.1, 0.15) is 19.8 Å². The number of rotatable bonds is 4. The van der Waals surface area contributed by atoms with E-state index in [1.165, 1.54) is 12.1 Å². The van der Waals surface area contributed by atoms with Crippen molar-refractivity contribution in [2.45, 2.75) is 26.1 Å². The fraction of sp³-hybridized carbons (Fsp3) is 0.500. The normalized spacial score (nSPS) is 15.6. The van der Waals surface area contributed by atoms with Crippen molar-refractivity contribution >= 4 is 17.7 Å². The van der Waals surface area contributed by atoms with E-state index in [2.05, 4.69) is 10.1 Å². The number of ether oxygens (including phenoxy) is 2. The van der Waals surface area contributed by atoms with Gasteiger partial charge >= 0.3 is 12.5 Å². The zero-order valence-electron chi connectivity index (χ0n) is 13.6. The predicted molar refractivity (Wildman–Crippen MR) is 83.1 cm³/mol. The average Bonchev–Trinajstić information content (AvgIpc) is 2.55. The van der Waals surface area contributed by atoms with Crippen molar-refractivity contribution in [3.63, 3.8) is 0 Å². The first-order valence-corrected chi connectivity index (χ1v) is 7.87. The summed E-state index contributed by atoms with van der Waals surface area (Å²) in [5, 5.41) is 2.66. The molecule has 0 saturated carbocycles. The highest BCUT2D eigenvalue weighted by Gasteiger charge is 2.31. The van der Waals surface area contributed by atoms with Crippen molar-refractivity contribution in [3.8, 4) is 5.75 Å². The molecule has 1 aliphatic rings. The molecule has 1 heterocycles. The summed E-state index contributed by atoms with van der Waals surface area (Å²) in [5.74, 6) is -0.849. The first kappa shape index (κ1) is 18.9. The standard InChI is InChI=1S/C16H19F3N2O4/c1-2-24-15(23)21-9-7-11(8-10-21)14(22)20-12-3-5-13(6-4-12)25-16(17,18)19/h3-6,11H,2,7-10H2,1H3,(H,20,22). The number of benzene rings is 1. The minimum absolute atomic E-state index is 0.229. The van der Waals surface area contributed by atoms with Gasteiger partial charge in [0.15, 0.2) is 0 Å². The van der Waals surface area contributed by atoms with E-state index in [9.17, 15) is 22.8 Å². The van der Waals surface area contributed by atoms with Gasteiger partial charge in [-0.05, 0) is 44.0 Å². The van der Waals surface area contributed by atoms with E-state index in [1.807, 2.05) is 0 Å². The highest BCUT2D eigenvalue weighted by Crippen LogP contribution is 2.25. The van der Waals surface area contributed by atoms with E-state index in [0.29, 0.717) is 38.2 Å². The zero-order chi connectivity index (χ0) is 18.4. The number of carbonyl (C=O) groups is 2. The van der Waals surface area contributed by atoms with Gasteiger partial charge in [-0.15, -0.1) is 13.2 Å². The maximum absolute atomic E-state index is 12.2. The van der Waals surface area contributed by atoms with Crippen LogP contribution in [0.3, 0.4) is 0 Å². The third kappa shape index (κ3) is 5.84. The molecule has 1 aromatic carbocycles. The van der Waals surface area contributed by atoms with Crippen molar-refractivity contribution in [2.75, 3.05) is 25.0 Å². The number of amides is 2. The smallest absolute Gasteiger partial charge is 0.450 e. The summed E-state index contributed by atoms with van der Waals surface area (Å²) in [6.45, 7) is 2.88. The van der Waals surface area contributed by atoms with Gasteiger partial charge in [0.25, 0.3) is 0 Å². The molecule has 1 saturated heterocycles. The number of hydrogen-bond acceptors (Lipinski definition) is 4. The number of nitrogens with one attached hydrogen (secondary N) is 1. The van der Waals surface area contributed by atoms with Crippen LogP contribution < -0.4 is 10.1 Å². The SMILES string of the molecule is CCOC(=O)N1CCC(C(=O)Nc2ccc(OC(F)(F)F)cc2)CC1. The molecule has 0 bridgehead atoms. The topological polar surface area (TPSA) is 67.9 Å². The maximum atomic E-state index is 12.2. The molecule has 9 heteroatoms. The summed E-state index contributed by atoms with van der Waals surface area (Å²) in [6.07, 6.45) is -4.14. The Morgan fingerprint density at radius 1 is 1.20 bits per heavy atom. The lowest BCUT2D eigenvalue weighted by Crippen LogP contribution is -2.41. The van der Waals surface area contributed by atoms with E-state index >= 15 is 0 Å². The minimum atomic E-state index is -4.75. The fourth-order valence-electron chi connectivity index (χ4n) is 2.52. The molecule has 1 fully saturated rings. The Morgan fingerprint density at radius 3 is 2.32 bits per heavy atom. The van der Waals surface area contributed by atoms with Gasteiger partial charge in [-0.1, -0.05) is 0 Å². The molecule has 1 N–H and O–H groups in total. The van der Waals surface area contributed by atoms with Crippen LogP contribution in [0.15, 0.2) is 24.3 Å². The highest BCUT2D eigenvalue weighted by molar-refractivity contribution is 5.92. The van der Waals surface area contributed by atoms with Crippen LogP contribution >= 0.6 is 0 Å². The Kier molecular flexibility index (Phi) is 6.11. The van der Waals surface area contributed by atoms with Gasteiger partial charge < -0.3 is 19.7 Å². The monoisotopic (exact) mass is 360 g/mol. The zero-order valence-corrected chi connectivity index (χ0v) is 13.6. The second-order valence-corrected chi connectivity index (χ2v) is 5.52. The second kappa shape index (κ2) is 8.09. The van der Waals surface area contributed by atoms with E-state index in [1.54, 1.807) is 11.8 Å². The molecule has 6 nitrogen and oxygen atoms in total. The molecule has 0 aliphatic carbocycles. The van der Waals surface area contributed by atoms with Crippen LogP contribution in [0, 0.1) is 5.92 Å². The van der Waals surface area contributed by atoms with E-state index in [0.717, 1.165) is 12.1 Å². The molecule has 0 atom stereocenters. The number of carbonyl (C=O) groups excluding carboxylic acids is 2. The minimum Gasteiger partial charge on any atom is -0.450 e. The highest BCUT2D eigenvalue weighted by atomic mass is 19.4. The first-order valence-electron chi connectivity index (χ1n) is 7.87. The Hall–Kier alpha value is -2.45. The number of nitrogens with zero attached hydrogens (tertiary/aromatic N) is 1. The number of likely N-dealkylation sites (tertiary alicyclic amines) is 1. The van der Waals surface area contributed by atoms with E-state index in [4.69, 9.17) is 4.74 Å². The van der Waals surface area contributed by atoms with Crippen LogP contribution in [-0.2, 0) is 9.53 Å². The molecule has 0 unspecified atom stereocenters. The molecule has 25 heavy (non-hydrogen) atoms.